The zero-order chi connectivity index (χ0) is 15.6. The largest absolute Gasteiger partial charge is 0.385 e. The second-order valence-corrected chi connectivity index (χ2v) is 4.82. The average molecular weight is 301 g/mol. The van der Waals surface area contributed by atoms with Crippen molar-refractivity contribution < 1.29 is 4.74 Å². The van der Waals surface area contributed by atoms with Gasteiger partial charge < -0.3 is 15.4 Å². The van der Waals surface area contributed by atoms with Crippen molar-refractivity contribution in [2.75, 3.05) is 27.3 Å². The minimum absolute atomic E-state index is 0.707. The molecule has 22 heavy (non-hydrogen) atoms. The number of hydrogen-bond donors (Lipinski definition) is 2. The van der Waals surface area contributed by atoms with Gasteiger partial charge in [-0.3, -0.25) is 4.99 Å². The van der Waals surface area contributed by atoms with Crippen LogP contribution in [0.15, 0.2) is 47.7 Å². The molecule has 6 nitrogen and oxygen atoms in total. The lowest BCUT2D eigenvalue weighted by molar-refractivity contribution is 0.195. The molecule has 0 unspecified atom stereocenters. The van der Waals surface area contributed by atoms with E-state index >= 15 is 0 Å². The lowest BCUT2D eigenvalue weighted by atomic mass is 10.2. The maximum Gasteiger partial charge on any atom is 0.191 e. The molecular formula is C16H23N5O. The van der Waals surface area contributed by atoms with Crippen molar-refractivity contribution in [2.45, 2.75) is 13.0 Å². The van der Waals surface area contributed by atoms with Crippen molar-refractivity contribution in [3.8, 4) is 5.69 Å². The third-order valence-electron chi connectivity index (χ3n) is 3.18. The topological polar surface area (TPSA) is 63.5 Å². The molecule has 1 aromatic heterocycles. The van der Waals surface area contributed by atoms with E-state index in [0.717, 1.165) is 31.2 Å². The van der Waals surface area contributed by atoms with Gasteiger partial charge in [0, 0.05) is 46.2 Å². The zero-order valence-electron chi connectivity index (χ0n) is 13.1. The van der Waals surface area contributed by atoms with Gasteiger partial charge in [0.15, 0.2) is 5.96 Å². The summed E-state index contributed by atoms with van der Waals surface area (Å²) in [6, 6.07) is 10.2. The first-order valence-electron chi connectivity index (χ1n) is 7.36. The van der Waals surface area contributed by atoms with Crippen LogP contribution in [0.4, 0.5) is 0 Å². The van der Waals surface area contributed by atoms with Gasteiger partial charge in [-0.2, -0.15) is 5.10 Å². The molecule has 0 atom stereocenters. The first kappa shape index (κ1) is 16.0. The fraction of sp³-hybridized carbons (Fsp3) is 0.375. The second-order valence-electron chi connectivity index (χ2n) is 4.82. The molecule has 0 amide bonds. The van der Waals surface area contributed by atoms with Crippen LogP contribution in [0.3, 0.4) is 0 Å². The summed E-state index contributed by atoms with van der Waals surface area (Å²) in [5, 5.41) is 10.8. The molecule has 2 N–H and O–H groups in total. The third-order valence-corrected chi connectivity index (χ3v) is 3.18. The molecule has 0 aliphatic heterocycles. The van der Waals surface area contributed by atoms with Crippen molar-refractivity contribution >= 4 is 5.96 Å². The standard InChI is InChI=1S/C16H23N5O/c1-17-16(18-8-5-11-22-2)19-13-14-6-3-7-15(12-14)21-10-4-9-20-21/h3-4,6-7,9-10,12H,5,8,11,13H2,1-2H3,(H2,17,18,19). The zero-order valence-corrected chi connectivity index (χ0v) is 13.1. The van der Waals surface area contributed by atoms with Crippen LogP contribution in [-0.2, 0) is 11.3 Å². The third kappa shape index (κ3) is 4.89. The number of aromatic nitrogens is 2. The maximum absolute atomic E-state index is 5.03. The molecule has 0 radical (unpaired) electrons. The minimum atomic E-state index is 0.707. The highest BCUT2D eigenvalue weighted by Gasteiger charge is 2.01. The number of benzene rings is 1. The number of hydrogen-bond acceptors (Lipinski definition) is 3. The Bertz CT molecular complexity index is 580. The van der Waals surface area contributed by atoms with E-state index in [2.05, 4.69) is 32.9 Å². The van der Waals surface area contributed by atoms with E-state index in [-0.39, 0.29) is 0 Å². The number of nitrogens with zero attached hydrogens (tertiary/aromatic N) is 3. The van der Waals surface area contributed by atoms with Gasteiger partial charge >= 0.3 is 0 Å². The van der Waals surface area contributed by atoms with Gasteiger partial charge in [-0.05, 0) is 30.2 Å². The van der Waals surface area contributed by atoms with Crippen LogP contribution in [0.2, 0.25) is 0 Å². The molecular weight excluding hydrogens is 278 g/mol. The minimum Gasteiger partial charge on any atom is -0.385 e. The molecule has 0 fully saturated rings. The van der Waals surface area contributed by atoms with Gasteiger partial charge in [-0.1, -0.05) is 12.1 Å². The van der Waals surface area contributed by atoms with Crippen LogP contribution >= 0.6 is 0 Å². The van der Waals surface area contributed by atoms with Crippen LogP contribution in [0, 0.1) is 0 Å². The fourth-order valence-electron chi connectivity index (χ4n) is 2.06. The molecule has 2 rings (SSSR count). The van der Waals surface area contributed by atoms with Crippen molar-refractivity contribution in [3.05, 3.63) is 48.3 Å². The Morgan fingerprint density at radius 2 is 2.23 bits per heavy atom. The predicted molar refractivity (Wildman–Crippen MR) is 88.3 cm³/mol. The smallest absolute Gasteiger partial charge is 0.191 e. The first-order valence-corrected chi connectivity index (χ1v) is 7.36. The Morgan fingerprint density at radius 3 is 2.95 bits per heavy atom. The summed E-state index contributed by atoms with van der Waals surface area (Å²) in [6.45, 7) is 2.29. The van der Waals surface area contributed by atoms with Crippen LogP contribution in [0.1, 0.15) is 12.0 Å². The molecule has 0 bridgehead atoms. The summed E-state index contributed by atoms with van der Waals surface area (Å²) in [7, 11) is 3.48. The second kappa shape index (κ2) is 8.84. The number of methoxy groups -OCH3 is 1. The van der Waals surface area contributed by atoms with Gasteiger partial charge in [0.2, 0.25) is 0 Å². The number of rotatable bonds is 7. The Labute approximate surface area is 131 Å². The van der Waals surface area contributed by atoms with E-state index in [0.29, 0.717) is 6.54 Å². The summed E-state index contributed by atoms with van der Waals surface area (Å²) >= 11 is 0. The van der Waals surface area contributed by atoms with E-state index in [9.17, 15) is 0 Å². The predicted octanol–water partition coefficient (Wildman–Crippen LogP) is 1.57. The number of nitrogens with one attached hydrogen (secondary N) is 2. The van der Waals surface area contributed by atoms with E-state index in [1.807, 2.05) is 29.1 Å². The van der Waals surface area contributed by atoms with Gasteiger partial charge in [0.1, 0.15) is 0 Å². The summed E-state index contributed by atoms with van der Waals surface area (Å²) in [4.78, 5) is 4.21. The Kier molecular flexibility index (Phi) is 6.44. The molecule has 0 aliphatic carbocycles. The molecule has 2 aromatic rings. The molecule has 0 saturated heterocycles. The van der Waals surface area contributed by atoms with Gasteiger partial charge in [0.05, 0.1) is 5.69 Å². The molecule has 118 valence electrons. The Balaban J connectivity index is 1.86. The lowest BCUT2D eigenvalue weighted by Crippen LogP contribution is -2.37. The maximum atomic E-state index is 5.03. The monoisotopic (exact) mass is 301 g/mol. The Hall–Kier alpha value is -2.34. The quantitative estimate of drug-likeness (QED) is 0.463. The highest BCUT2D eigenvalue weighted by atomic mass is 16.5. The molecule has 0 spiro atoms. The summed E-state index contributed by atoms with van der Waals surface area (Å²) in [5.41, 5.74) is 2.22. The molecule has 1 heterocycles. The molecule has 0 aliphatic rings. The van der Waals surface area contributed by atoms with E-state index in [1.54, 1.807) is 20.4 Å². The first-order chi connectivity index (χ1) is 10.8. The number of aliphatic imine (C=N–C) groups is 1. The van der Waals surface area contributed by atoms with Crippen LogP contribution in [0.5, 0.6) is 0 Å². The fourth-order valence-corrected chi connectivity index (χ4v) is 2.06. The van der Waals surface area contributed by atoms with Crippen LogP contribution in [-0.4, -0.2) is 43.0 Å². The van der Waals surface area contributed by atoms with Crippen LogP contribution < -0.4 is 10.6 Å². The van der Waals surface area contributed by atoms with Crippen molar-refractivity contribution in [1.29, 1.82) is 0 Å². The van der Waals surface area contributed by atoms with Crippen LogP contribution in [0.25, 0.3) is 5.69 Å². The van der Waals surface area contributed by atoms with E-state index < -0.39 is 0 Å². The number of ether oxygens (including phenoxy) is 1. The highest BCUT2D eigenvalue weighted by molar-refractivity contribution is 5.79. The van der Waals surface area contributed by atoms with Crippen molar-refractivity contribution in [3.63, 3.8) is 0 Å². The molecule has 1 aromatic carbocycles. The van der Waals surface area contributed by atoms with Gasteiger partial charge in [-0.15, -0.1) is 0 Å². The van der Waals surface area contributed by atoms with Gasteiger partial charge in [0.25, 0.3) is 0 Å². The van der Waals surface area contributed by atoms with Crippen molar-refractivity contribution in [1.82, 2.24) is 20.4 Å². The van der Waals surface area contributed by atoms with E-state index in [4.69, 9.17) is 4.74 Å². The molecule has 0 saturated carbocycles. The average Bonchev–Trinajstić information content (AvgIpc) is 3.09. The summed E-state index contributed by atoms with van der Waals surface area (Å²) < 4.78 is 6.88. The number of guanidine groups is 1. The van der Waals surface area contributed by atoms with E-state index in [1.165, 1.54) is 5.56 Å². The lowest BCUT2D eigenvalue weighted by Gasteiger charge is -2.12. The summed E-state index contributed by atoms with van der Waals surface area (Å²) in [5.74, 6) is 0.792. The Morgan fingerprint density at radius 1 is 1.32 bits per heavy atom. The SMILES string of the molecule is CN=C(NCCCOC)NCc1cccc(-n2cccn2)c1. The summed E-state index contributed by atoms with van der Waals surface area (Å²) in [6.07, 6.45) is 4.66. The normalized spacial score (nSPS) is 11.5. The highest BCUT2D eigenvalue weighted by Crippen LogP contribution is 2.09. The van der Waals surface area contributed by atoms with Gasteiger partial charge in [-0.25, -0.2) is 4.68 Å². The van der Waals surface area contributed by atoms with Crippen molar-refractivity contribution in [2.24, 2.45) is 4.99 Å². The molecule has 6 heteroatoms.